The molecule has 0 spiro atoms. The molecule has 0 aliphatic carbocycles. The number of rotatable bonds is 14. The molecule has 1 aliphatic rings. The van der Waals surface area contributed by atoms with E-state index in [-0.39, 0.29) is 36.0 Å². The van der Waals surface area contributed by atoms with Crippen LogP contribution >= 0.6 is 7.82 Å². The molecule has 1 unspecified atom stereocenters. The van der Waals surface area contributed by atoms with Gasteiger partial charge in [-0.05, 0) is 31.4 Å². The van der Waals surface area contributed by atoms with Gasteiger partial charge in [0.15, 0.2) is 0 Å². The molecule has 0 aromatic heterocycles. The zero-order valence-electron chi connectivity index (χ0n) is 19.5. The largest absolute Gasteiger partial charge is 1.00 e. The minimum Gasteiger partial charge on any atom is -0.756 e. The molecule has 3 N–H and O–H groups in total. The number of aliphatic hydroxyl groups excluding tert-OH is 2. The predicted octanol–water partition coefficient (Wildman–Crippen LogP) is -0.129. The van der Waals surface area contributed by atoms with Gasteiger partial charge in [0.1, 0.15) is 12.2 Å². The Balaban J connectivity index is 0.0000102. The SMILES string of the molecule is CCCCC/C=C/C=C\C=C/[C@H](O)[C@H](C)[C@H](C/C=C/[C@@H]1OC(=O)C=C[C@@H]1O)OP(=O)([O-])O.[Na+]. The second-order valence-corrected chi connectivity index (χ2v) is 8.72. The normalized spacial score (nSPS) is 23.6. The number of ether oxygens (including phenoxy) is 1. The summed E-state index contributed by atoms with van der Waals surface area (Å²) in [5.74, 6) is -1.29. The van der Waals surface area contributed by atoms with E-state index in [1.807, 2.05) is 12.2 Å². The molecule has 0 radical (unpaired) electrons. The topological polar surface area (TPSA) is 136 Å². The fourth-order valence-electron chi connectivity index (χ4n) is 2.94. The second-order valence-electron chi connectivity index (χ2n) is 7.57. The van der Waals surface area contributed by atoms with Crippen molar-refractivity contribution < 1.29 is 68.2 Å². The van der Waals surface area contributed by atoms with Gasteiger partial charge in [-0.3, -0.25) is 4.57 Å². The summed E-state index contributed by atoms with van der Waals surface area (Å²) in [4.78, 5) is 31.7. The Morgan fingerprint density at radius 3 is 2.61 bits per heavy atom. The van der Waals surface area contributed by atoms with Crippen molar-refractivity contribution in [1.82, 2.24) is 0 Å². The molecular weight excluding hydrogens is 458 g/mol. The van der Waals surface area contributed by atoms with Crippen LogP contribution in [0.1, 0.15) is 46.0 Å². The number of hydrogen-bond donors (Lipinski definition) is 3. The van der Waals surface area contributed by atoms with Crippen molar-refractivity contribution in [1.29, 1.82) is 0 Å². The number of cyclic esters (lactones) is 1. The number of phosphoric ester groups is 1. The van der Waals surface area contributed by atoms with E-state index in [4.69, 9.17) is 14.2 Å². The van der Waals surface area contributed by atoms with Gasteiger partial charge in [-0.1, -0.05) is 69.2 Å². The summed E-state index contributed by atoms with van der Waals surface area (Å²) in [6.07, 6.45) is 16.5. The summed E-state index contributed by atoms with van der Waals surface area (Å²) in [5, 5.41) is 20.2. The standard InChI is InChI=1S/C23H35O8P.Na/c1-3-4-5-6-7-8-9-10-11-13-19(24)18(2)21(31-32(27,28)29)14-12-15-22-20(25)16-17-23(26)30-22;/h7-13,15-22,24-25H,3-6,14H2,1-2H3,(H2,27,28,29);/q;+1/p-1/b8-7+,10-9-,13-11-,15-12+;/t18-,19-,20-,21-,22-;/m0./s1. The zero-order chi connectivity index (χ0) is 24.0. The first-order valence-electron chi connectivity index (χ1n) is 10.8. The Hall–Kier alpha value is -0.800. The molecule has 1 aliphatic heterocycles. The number of esters is 1. The maximum atomic E-state index is 11.3. The Morgan fingerprint density at radius 1 is 1.24 bits per heavy atom. The van der Waals surface area contributed by atoms with Crippen LogP contribution in [0, 0.1) is 5.92 Å². The number of allylic oxidation sites excluding steroid dienone is 5. The van der Waals surface area contributed by atoms with Crippen molar-refractivity contribution in [2.45, 2.75) is 70.4 Å². The van der Waals surface area contributed by atoms with Crippen LogP contribution in [0.5, 0.6) is 0 Å². The van der Waals surface area contributed by atoms with Crippen LogP contribution in [0.3, 0.4) is 0 Å². The molecule has 0 amide bonds. The van der Waals surface area contributed by atoms with Crippen molar-refractivity contribution >= 4 is 13.8 Å². The number of hydrogen-bond acceptors (Lipinski definition) is 7. The van der Waals surface area contributed by atoms with Crippen LogP contribution in [0.15, 0.2) is 60.8 Å². The molecule has 0 bridgehead atoms. The van der Waals surface area contributed by atoms with Crippen LogP contribution in [0.25, 0.3) is 0 Å². The van der Waals surface area contributed by atoms with Gasteiger partial charge in [0.2, 0.25) is 0 Å². The van der Waals surface area contributed by atoms with Crippen LogP contribution < -0.4 is 34.5 Å². The summed E-state index contributed by atoms with van der Waals surface area (Å²) in [6.45, 7) is 3.73. The average Bonchev–Trinajstić information content (AvgIpc) is 2.72. The third kappa shape index (κ3) is 14.9. The molecule has 1 rings (SSSR count). The minimum absolute atomic E-state index is 0. The molecular formula is C23H34NaO8P. The van der Waals surface area contributed by atoms with Crippen molar-refractivity contribution in [3.05, 3.63) is 60.8 Å². The van der Waals surface area contributed by atoms with E-state index in [0.29, 0.717) is 0 Å². The third-order valence-corrected chi connectivity index (χ3v) is 5.40. The Kier molecular flexibility index (Phi) is 17.2. The minimum atomic E-state index is -5.05. The van der Waals surface area contributed by atoms with Crippen LogP contribution in [0.4, 0.5) is 0 Å². The summed E-state index contributed by atoms with van der Waals surface area (Å²) >= 11 is 0. The maximum absolute atomic E-state index is 11.3. The number of carbonyl (C=O) groups is 1. The van der Waals surface area contributed by atoms with Gasteiger partial charge in [0.25, 0.3) is 7.82 Å². The Bertz CT molecular complexity index is 756. The van der Waals surface area contributed by atoms with Crippen molar-refractivity contribution in [2.75, 3.05) is 0 Å². The summed E-state index contributed by atoms with van der Waals surface area (Å²) in [7, 11) is -5.05. The molecule has 8 nitrogen and oxygen atoms in total. The van der Waals surface area contributed by atoms with Crippen molar-refractivity contribution in [2.24, 2.45) is 5.92 Å². The number of carbonyl (C=O) groups excluding carboxylic acids is 1. The fourth-order valence-corrected chi connectivity index (χ4v) is 3.56. The van der Waals surface area contributed by atoms with Gasteiger partial charge in [-0.25, -0.2) is 4.79 Å². The molecule has 33 heavy (non-hydrogen) atoms. The first-order chi connectivity index (χ1) is 15.1. The van der Waals surface area contributed by atoms with Gasteiger partial charge in [0.05, 0.1) is 12.2 Å². The second kappa shape index (κ2) is 17.6. The van der Waals surface area contributed by atoms with Gasteiger partial charge in [-0.15, -0.1) is 0 Å². The van der Waals surface area contributed by atoms with E-state index in [1.165, 1.54) is 37.1 Å². The Labute approximate surface area is 218 Å². The number of aliphatic hydroxyl groups is 2. The van der Waals surface area contributed by atoms with Gasteiger partial charge >= 0.3 is 35.5 Å². The molecule has 10 heteroatoms. The van der Waals surface area contributed by atoms with Crippen LogP contribution in [-0.2, 0) is 18.6 Å². The third-order valence-electron chi connectivity index (χ3n) is 4.86. The van der Waals surface area contributed by atoms with Gasteiger partial charge in [-0.2, -0.15) is 0 Å². The molecule has 1 heterocycles. The maximum Gasteiger partial charge on any atom is 1.00 e. The number of phosphoric acid groups is 1. The van der Waals surface area contributed by atoms with Crippen LogP contribution in [-0.4, -0.2) is 45.5 Å². The Morgan fingerprint density at radius 2 is 1.94 bits per heavy atom. The van der Waals surface area contributed by atoms with E-state index < -0.39 is 44.1 Å². The summed E-state index contributed by atoms with van der Waals surface area (Å²) in [5.41, 5.74) is 0. The fraction of sp³-hybridized carbons (Fsp3) is 0.522. The van der Waals surface area contributed by atoms with Crippen molar-refractivity contribution in [3.8, 4) is 0 Å². The average molecular weight is 492 g/mol. The predicted molar refractivity (Wildman–Crippen MR) is 120 cm³/mol. The molecule has 0 saturated carbocycles. The van der Waals surface area contributed by atoms with E-state index in [0.717, 1.165) is 18.9 Å². The zero-order valence-corrected chi connectivity index (χ0v) is 22.4. The molecule has 0 fully saturated rings. The van der Waals surface area contributed by atoms with Gasteiger partial charge in [0, 0.05) is 12.0 Å². The number of unbranched alkanes of at least 4 members (excludes halogenated alkanes) is 3. The van der Waals surface area contributed by atoms with Crippen molar-refractivity contribution in [3.63, 3.8) is 0 Å². The van der Waals surface area contributed by atoms with E-state index in [1.54, 1.807) is 19.1 Å². The quantitative estimate of drug-likeness (QED) is 0.0762. The molecule has 180 valence electrons. The smallest absolute Gasteiger partial charge is 0.756 e. The van der Waals surface area contributed by atoms with E-state index in [2.05, 4.69) is 13.0 Å². The molecule has 0 aromatic carbocycles. The molecule has 0 aromatic rings. The first-order valence-corrected chi connectivity index (χ1v) is 12.3. The molecule has 0 saturated heterocycles. The van der Waals surface area contributed by atoms with Crippen LogP contribution in [0.2, 0.25) is 0 Å². The van der Waals surface area contributed by atoms with E-state index in [9.17, 15) is 24.5 Å². The van der Waals surface area contributed by atoms with E-state index >= 15 is 0 Å². The first kappa shape index (κ1) is 32.2. The molecule has 6 atom stereocenters. The summed E-state index contributed by atoms with van der Waals surface area (Å²) in [6, 6.07) is 0. The monoisotopic (exact) mass is 492 g/mol. The summed E-state index contributed by atoms with van der Waals surface area (Å²) < 4.78 is 21.0. The van der Waals surface area contributed by atoms with Gasteiger partial charge < -0.3 is 29.3 Å².